The van der Waals surface area contributed by atoms with Gasteiger partial charge < -0.3 is 10.4 Å². The van der Waals surface area contributed by atoms with E-state index in [0.717, 1.165) is 12.8 Å². The smallest absolute Gasteiger partial charge is 0.308 e. The molecule has 0 aromatic carbocycles. The molecule has 1 atom stereocenters. The Morgan fingerprint density at radius 2 is 1.67 bits per heavy atom. The fraction of sp³-hybridized carbons (Fsp3) is 0.857. The average Bonchev–Trinajstić information content (AvgIpc) is 2.34. The minimum absolute atomic E-state index is 0.0230. The van der Waals surface area contributed by atoms with Gasteiger partial charge in [0, 0.05) is 13.0 Å². The Hall–Kier alpha value is -1.06. The van der Waals surface area contributed by atoms with E-state index in [1.165, 1.54) is 25.7 Å². The number of nitrogens with one attached hydrogen (secondary N) is 1. The number of rotatable bonds is 11. The zero-order chi connectivity index (χ0) is 13.8. The Bertz CT molecular complexity index is 241. The van der Waals surface area contributed by atoms with Crippen LogP contribution in [0.15, 0.2) is 0 Å². The van der Waals surface area contributed by atoms with E-state index in [1.54, 1.807) is 0 Å². The number of carbonyl (C=O) groups excluding carboxylic acids is 1. The number of hydrogen-bond donors (Lipinski definition) is 2. The van der Waals surface area contributed by atoms with Gasteiger partial charge in [-0.1, -0.05) is 46.0 Å². The fourth-order valence-electron chi connectivity index (χ4n) is 1.80. The standard InChI is InChI=1S/C14H27NO3/c1-3-5-6-7-8-9-10-13(16)15-11-12(4-2)14(17)18/h12H,3-11H2,1-2H3,(H,15,16)(H,17,18). The van der Waals surface area contributed by atoms with E-state index in [2.05, 4.69) is 12.2 Å². The molecule has 0 aliphatic heterocycles. The summed E-state index contributed by atoms with van der Waals surface area (Å²) in [4.78, 5) is 22.2. The first kappa shape index (κ1) is 16.9. The van der Waals surface area contributed by atoms with Crippen molar-refractivity contribution in [3.8, 4) is 0 Å². The maximum absolute atomic E-state index is 11.5. The summed E-state index contributed by atoms with van der Waals surface area (Å²) < 4.78 is 0. The number of amides is 1. The number of carboxylic acids is 1. The van der Waals surface area contributed by atoms with Crippen molar-refractivity contribution < 1.29 is 14.7 Å². The predicted octanol–water partition coefficient (Wildman–Crippen LogP) is 2.96. The van der Waals surface area contributed by atoms with Crippen LogP contribution in [0.5, 0.6) is 0 Å². The first-order chi connectivity index (χ1) is 8.61. The van der Waals surface area contributed by atoms with E-state index in [4.69, 9.17) is 5.11 Å². The molecule has 4 heteroatoms. The molecule has 0 aromatic rings. The molecule has 0 aliphatic carbocycles. The lowest BCUT2D eigenvalue weighted by Gasteiger charge is -2.10. The van der Waals surface area contributed by atoms with Crippen LogP contribution in [0.25, 0.3) is 0 Å². The van der Waals surface area contributed by atoms with Crippen LogP contribution in [-0.4, -0.2) is 23.5 Å². The number of carbonyl (C=O) groups is 2. The molecule has 0 aliphatic rings. The minimum Gasteiger partial charge on any atom is -0.481 e. The highest BCUT2D eigenvalue weighted by atomic mass is 16.4. The summed E-state index contributed by atoms with van der Waals surface area (Å²) in [6.45, 7) is 4.25. The van der Waals surface area contributed by atoms with E-state index in [1.807, 2.05) is 6.92 Å². The summed E-state index contributed by atoms with van der Waals surface area (Å²) in [7, 11) is 0. The predicted molar refractivity (Wildman–Crippen MR) is 72.4 cm³/mol. The van der Waals surface area contributed by atoms with Crippen molar-refractivity contribution in [2.24, 2.45) is 5.92 Å². The van der Waals surface area contributed by atoms with Gasteiger partial charge in [0.05, 0.1) is 5.92 Å². The Morgan fingerprint density at radius 1 is 1.06 bits per heavy atom. The van der Waals surface area contributed by atoms with E-state index in [0.29, 0.717) is 12.8 Å². The topological polar surface area (TPSA) is 66.4 Å². The van der Waals surface area contributed by atoms with E-state index < -0.39 is 11.9 Å². The molecule has 18 heavy (non-hydrogen) atoms. The zero-order valence-electron chi connectivity index (χ0n) is 11.7. The first-order valence-corrected chi connectivity index (χ1v) is 7.11. The molecule has 0 heterocycles. The van der Waals surface area contributed by atoms with Crippen LogP contribution < -0.4 is 5.32 Å². The second-order valence-corrected chi connectivity index (χ2v) is 4.77. The second-order valence-electron chi connectivity index (χ2n) is 4.77. The number of aliphatic carboxylic acids is 1. The molecular weight excluding hydrogens is 230 g/mol. The largest absolute Gasteiger partial charge is 0.481 e. The third-order valence-corrected chi connectivity index (χ3v) is 3.15. The van der Waals surface area contributed by atoms with Gasteiger partial charge in [-0.2, -0.15) is 0 Å². The summed E-state index contributed by atoms with van der Waals surface area (Å²) in [5.74, 6) is -1.32. The zero-order valence-corrected chi connectivity index (χ0v) is 11.7. The molecule has 0 aromatic heterocycles. The van der Waals surface area contributed by atoms with Crippen molar-refractivity contribution in [1.29, 1.82) is 0 Å². The molecule has 0 spiro atoms. The molecule has 0 rings (SSSR count). The van der Waals surface area contributed by atoms with Gasteiger partial charge in [-0.05, 0) is 12.8 Å². The van der Waals surface area contributed by atoms with Crippen LogP contribution in [0.1, 0.15) is 65.2 Å². The molecule has 0 saturated heterocycles. The van der Waals surface area contributed by atoms with E-state index in [-0.39, 0.29) is 12.5 Å². The first-order valence-electron chi connectivity index (χ1n) is 7.11. The highest BCUT2D eigenvalue weighted by Crippen LogP contribution is 2.07. The van der Waals surface area contributed by atoms with Gasteiger partial charge in [-0.15, -0.1) is 0 Å². The highest BCUT2D eigenvalue weighted by Gasteiger charge is 2.15. The van der Waals surface area contributed by atoms with E-state index >= 15 is 0 Å². The maximum Gasteiger partial charge on any atom is 0.308 e. The number of unbranched alkanes of at least 4 members (excludes halogenated alkanes) is 5. The lowest BCUT2D eigenvalue weighted by atomic mass is 10.1. The lowest BCUT2D eigenvalue weighted by Crippen LogP contribution is -2.32. The molecule has 1 unspecified atom stereocenters. The van der Waals surface area contributed by atoms with Crippen molar-refractivity contribution >= 4 is 11.9 Å². The molecule has 2 N–H and O–H groups in total. The van der Waals surface area contributed by atoms with Crippen molar-refractivity contribution in [1.82, 2.24) is 5.32 Å². The van der Waals surface area contributed by atoms with Crippen LogP contribution in [0.2, 0.25) is 0 Å². The molecular formula is C14H27NO3. The molecule has 0 bridgehead atoms. The summed E-state index contributed by atoms with van der Waals surface area (Å²) >= 11 is 0. The van der Waals surface area contributed by atoms with Gasteiger partial charge in [0.25, 0.3) is 0 Å². The van der Waals surface area contributed by atoms with Gasteiger partial charge in [0.15, 0.2) is 0 Å². The average molecular weight is 257 g/mol. The highest BCUT2D eigenvalue weighted by molar-refractivity contribution is 5.77. The molecule has 0 radical (unpaired) electrons. The van der Waals surface area contributed by atoms with Crippen molar-refractivity contribution in [2.45, 2.75) is 65.2 Å². The Kier molecular flexibility index (Phi) is 10.4. The fourth-order valence-corrected chi connectivity index (χ4v) is 1.80. The van der Waals surface area contributed by atoms with Gasteiger partial charge >= 0.3 is 5.97 Å². The van der Waals surface area contributed by atoms with Gasteiger partial charge in [-0.3, -0.25) is 9.59 Å². The van der Waals surface area contributed by atoms with Crippen molar-refractivity contribution in [3.63, 3.8) is 0 Å². The molecule has 0 fully saturated rings. The summed E-state index contributed by atoms with van der Waals surface area (Å²) in [5.41, 5.74) is 0. The Balaban J connectivity index is 3.50. The van der Waals surface area contributed by atoms with Gasteiger partial charge in [0.2, 0.25) is 5.91 Å². The van der Waals surface area contributed by atoms with E-state index in [9.17, 15) is 9.59 Å². The Morgan fingerprint density at radius 3 is 2.22 bits per heavy atom. The van der Waals surface area contributed by atoms with Crippen LogP contribution in [0, 0.1) is 5.92 Å². The van der Waals surface area contributed by atoms with Crippen molar-refractivity contribution in [2.75, 3.05) is 6.54 Å². The number of carboxylic acid groups (broad SMARTS) is 1. The molecule has 4 nitrogen and oxygen atoms in total. The normalized spacial score (nSPS) is 12.1. The third kappa shape index (κ3) is 9.02. The SMILES string of the molecule is CCCCCCCCC(=O)NCC(CC)C(=O)O. The monoisotopic (exact) mass is 257 g/mol. The third-order valence-electron chi connectivity index (χ3n) is 3.15. The van der Waals surface area contributed by atoms with Crippen LogP contribution in [0.4, 0.5) is 0 Å². The maximum atomic E-state index is 11.5. The van der Waals surface area contributed by atoms with Crippen LogP contribution in [0.3, 0.4) is 0 Å². The van der Waals surface area contributed by atoms with Gasteiger partial charge in [0.1, 0.15) is 0 Å². The second kappa shape index (κ2) is 11.1. The summed E-state index contributed by atoms with van der Waals surface area (Å²) in [6.07, 6.45) is 7.98. The van der Waals surface area contributed by atoms with Crippen molar-refractivity contribution in [3.05, 3.63) is 0 Å². The lowest BCUT2D eigenvalue weighted by molar-refractivity contribution is -0.141. The minimum atomic E-state index is -0.836. The number of hydrogen-bond acceptors (Lipinski definition) is 2. The van der Waals surface area contributed by atoms with Crippen LogP contribution in [-0.2, 0) is 9.59 Å². The Labute approximate surface area is 110 Å². The van der Waals surface area contributed by atoms with Crippen LogP contribution >= 0.6 is 0 Å². The molecule has 106 valence electrons. The summed E-state index contributed by atoms with van der Waals surface area (Å²) in [6, 6.07) is 0. The molecule has 1 amide bonds. The summed E-state index contributed by atoms with van der Waals surface area (Å²) in [5, 5.41) is 11.5. The molecule has 0 saturated carbocycles. The quantitative estimate of drug-likeness (QED) is 0.559. The van der Waals surface area contributed by atoms with Gasteiger partial charge in [-0.25, -0.2) is 0 Å².